The van der Waals surface area contributed by atoms with E-state index < -0.39 is 0 Å². The van der Waals surface area contributed by atoms with E-state index >= 15 is 0 Å². The average molecular weight is 244 g/mol. The Morgan fingerprint density at radius 3 is 2.72 bits per heavy atom. The summed E-state index contributed by atoms with van der Waals surface area (Å²) in [6.07, 6.45) is 4.10. The first-order valence-corrected chi connectivity index (χ1v) is 7.32. The maximum Gasteiger partial charge on any atom is 0.0261 e. The van der Waals surface area contributed by atoms with E-state index in [1.807, 2.05) is 0 Å². The molecule has 2 nitrogen and oxygen atoms in total. The predicted octanol–water partition coefficient (Wildman–Crippen LogP) is 2.30. The van der Waals surface area contributed by atoms with Gasteiger partial charge in [0.15, 0.2) is 0 Å². The summed E-state index contributed by atoms with van der Waals surface area (Å²) in [6.45, 7) is 5.99. The Balaban J connectivity index is 1.64. The highest BCUT2D eigenvalue weighted by Gasteiger charge is 2.31. The number of hydrogen-bond acceptors (Lipinski definition) is 2. The molecule has 1 aromatic carbocycles. The molecule has 1 aliphatic heterocycles. The van der Waals surface area contributed by atoms with Gasteiger partial charge >= 0.3 is 0 Å². The Labute approximate surface area is 110 Å². The molecular formula is C16H24N2. The summed E-state index contributed by atoms with van der Waals surface area (Å²) < 4.78 is 0. The van der Waals surface area contributed by atoms with E-state index in [0.717, 1.165) is 12.5 Å². The van der Waals surface area contributed by atoms with Gasteiger partial charge in [-0.3, -0.25) is 4.90 Å². The van der Waals surface area contributed by atoms with Crippen LogP contribution < -0.4 is 5.32 Å². The second-order valence-corrected chi connectivity index (χ2v) is 6.05. The van der Waals surface area contributed by atoms with Gasteiger partial charge in [-0.1, -0.05) is 30.3 Å². The van der Waals surface area contributed by atoms with E-state index in [0.29, 0.717) is 12.1 Å². The standard InChI is InChI=1S/C16H24N2/c1-13-11-18(12-15-7-8-15)16(10-17-13)9-14-5-3-2-4-6-14/h2-6,13,15-17H,7-12H2,1H3. The number of benzene rings is 1. The van der Waals surface area contributed by atoms with Crippen LogP contribution in [0.5, 0.6) is 0 Å². The van der Waals surface area contributed by atoms with Crippen LogP contribution in [0.3, 0.4) is 0 Å². The van der Waals surface area contributed by atoms with Crippen molar-refractivity contribution in [1.29, 1.82) is 0 Å². The van der Waals surface area contributed by atoms with Crippen LogP contribution in [0, 0.1) is 5.92 Å². The Hall–Kier alpha value is -0.860. The highest BCUT2D eigenvalue weighted by atomic mass is 15.2. The van der Waals surface area contributed by atoms with Crippen molar-refractivity contribution in [2.24, 2.45) is 5.92 Å². The Bertz CT molecular complexity index is 370. The first kappa shape index (κ1) is 12.2. The molecule has 0 bridgehead atoms. The fourth-order valence-corrected chi connectivity index (χ4v) is 2.97. The average Bonchev–Trinajstić information content (AvgIpc) is 3.18. The van der Waals surface area contributed by atoms with E-state index in [2.05, 4.69) is 47.5 Å². The van der Waals surface area contributed by atoms with Crippen LogP contribution in [-0.2, 0) is 6.42 Å². The third kappa shape index (κ3) is 3.12. The van der Waals surface area contributed by atoms with Crippen LogP contribution in [-0.4, -0.2) is 36.6 Å². The first-order chi connectivity index (χ1) is 8.81. The summed E-state index contributed by atoms with van der Waals surface area (Å²) in [4.78, 5) is 2.73. The summed E-state index contributed by atoms with van der Waals surface area (Å²) in [6, 6.07) is 12.3. The topological polar surface area (TPSA) is 15.3 Å². The first-order valence-electron chi connectivity index (χ1n) is 7.32. The molecule has 0 amide bonds. The quantitative estimate of drug-likeness (QED) is 0.874. The smallest absolute Gasteiger partial charge is 0.0261 e. The van der Waals surface area contributed by atoms with E-state index in [1.165, 1.54) is 37.9 Å². The van der Waals surface area contributed by atoms with E-state index in [9.17, 15) is 0 Å². The van der Waals surface area contributed by atoms with Crippen molar-refractivity contribution in [1.82, 2.24) is 10.2 Å². The van der Waals surface area contributed by atoms with Gasteiger partial charge in [-0.15, -0.1) is 0 Å². The van der Waals surface area contributed by atoms with Crippen molar-refractivity contribution in [2.75, 3.05) is 19.6 Å². The van der Waals surface area contributed by atoms with Crippen molar-refractivity contribution >= 4 is 0 Å². The van der Waals surface area contributed by atoms with Crippen LogP contribution in [0.2, 0.25) is 0 Å². The van der Waals surface area contributed by atoms with E-state index in [1.54, 1.807) is 0 Å². The maximum atomic E-state index is 3.63. The zero-order valence-electron chi connectivity index (χ0n) is 11.3. The fraction of sp³-hybridized carbons (Fsp3) is 0.625. The fourth-order valence-electron chi connectivity index (χ4n) is 2.97. The van der Waals surface area contributed by atoms with Crippen molar-refractivity contribution in [3.05, 3.63) is 35.9 Å². The minimum atomic E-state index is 0.649. The number of nitrogens with zero attached hydrogens (tertiary/aromatic N) is 1. The van der Waals surface area contributed by atoms with E-state index in [4.69, 9.17) is 0 Å². The molecule has 18 heavy (non-hydrogen) atoms. The number of hydrogen-bond donors (Lipinski definition) is 1. The molecule has 2 atom stereocenters. The summed E-state index contributed by atoms with van der Waals surface area (Å²) in [5, 5.41) is 3.63. The summed E-state index contributed by atoms with van der Waals surface area (Å²) in [5.41, 5.74) is 1.47. The predicted molar refractivity (Wildman–Crippen MR) is 75.7 cm³/mol. The van der Waals surface area contributed by atoms with Gasteiger partial charge in [0.25, 0.3) is 0 Å². The monoisotopic (exact) mass is 244 g/mol. The van der Waals surface area contributed by atoms with Crippen LogP contribution in [0.15, 0.2) is 30.3 Å². The largest absolute Gasteiger partial charge is 0.311 e. The van der Waals surface area contributed by atoms with Crippen molar-refractivity contribution in [2.45, 2.75) is 38.3 Å². The Kier molecular flexibility index (Phi) is 3.67. The third-order valence-corrected chi connectivity index (χ3v) is 4.23. The molecular weight excluding hydrogens is 220 g/mol. The highest BCUT2D eigenvalue weighted by Crippen LogP contribution is 2.31. The van der Waals surface area contributed by atoms with Gasteiger partial charge < -0.3 is 5.32 Å². The lowest BCUT2D eigenvalue weighted by Crippen LogP contribution is -2.56. The second-order valence-electron chi connectivity index (χ2n) is 6.05. The van der Waals surface area contributed by atoms with Crippen molar-refractivity contribution in [3.8, 4) is 0 Å². The number of rotatable bonds is 4. The SMILES string of the molecule is CC1CN(CC2CC2)C(Cc2ccccc2)CN1. The highest BCUT2D eigenvalue weighted by molar-refractivity contribution is 5.16. The van der Waals surface area contributed by atoms with Gasteiger partial charge in [0, 0.05) is 31.7 Å². The van der Waals surface area contributed by atoms with Gasteiger partial charge in [-0.2, -0.15) is 0 Å². The molecule has 2 unspecified atom stereocenters. The molecule has 1 aliphatic carbocycles. The lowest BCUT2D eigenvalue weighted by molar-refractivity contribution is 0.129. The Morgan fingerprint density at radius 2 is 2.00 bits per heavy atom. The minimum absolute atomic E-state index is 0.649. The molecule has 2 heteroatoms. The lowest BCUT2D eigenvalue weighted by atomic mass is 10.0. The molecule has 98 valence electrons. The molecule has 0 radical (unpaired) electrons. The zero-order chi connectivity index (χ0) is 12.4. The number of nitrogens with one attached hydrogen (secondary N) is 1. The number of piperazine rings is 1. The normalized spacial score (nSPS) is 29.4. The van der Waals surface area contributed by atoms with Gasteiger partial charge in [0.1, 0.15) is 0 Å². The zero-order valence-corrected chi connectivity index (χ0v) is 11.3. The van der Waals surface area contributed by atoms with Gasteiger partial charge in [0.2, 0.25) is 0 Å². The van der Waals surface area contributed by atoms with Gasteiger partial charge in [-0.05, 0) is 37.7 Å². The summed E-state index contributed by atoms with van der Waals surface area (Å²) in [5.74, 6) is 0.994. The minimum Gasteiger partial charge on any atom is -0.311 e. The summed E-state index contributed by atoms with van der Waals surface area (Å²) in [7, 11) is 0. The molecule has 1 heterocycles. The second kappa shape index (κ2) is 5.41. The molecule has 0 spiro atoms. The molecule has 1 saturated carbocycles. The Morgan fingerprint density at radius 1 is 1.22 bits per heavy atom. The van der Waals surface area contributed by atoms with Gasteiger partial charge in [-0.25, -0.2) is 0 Å². The molecule has 2 fully saturated rings. The molecule has 1 aromatic rings. The van der Waals surface area contributed by atoms with Crippen molar-refractivity contribution in [3.63, 3.8) is 0 Å². The van der Waals surface area contributed by atoms with Crippen LogP contribution >= 0.6 is 0 Å². The lowest BCUT2D eigenvalue weighted by Gasteiger charge is -2.39. The molecule has 3 rings (SSSR count). The molecule has 1 saturated heterocycles. The van der Waals surface area contributed by atoms with Crippen LogP contribution in [0.4, 0.5) is 0 Å². The van der Waals surface area contributed by atoms with Crippen LogP contribution in [0.1, 0.15) is 25.3 Å². The maximum absolute atomic E-state index is 3.63. The third-order valence-electron chi connectivity index (χ3n) is 4.23. The van der Waals surface area contributed by atoms with Crippen LogP contribution in [0.25, 0.3) is 0 Å². The molecule has 2 aliphatic rings. The molecule has 0 aromatic heterocycles. The van der Waals surface area contributed by atoms with E-state index in [-0.39, 0.29) is 0 Å². The van der Waals surface area contributed by atoms with Crippen molar-refractivity contribution < 1.29 is 0 Å². The van der Waals surface area contributed by atoms with Gasteiger partial charge in [0.05, 0.1) is 0 Å². The summed E-state index contributed by atoms with van der Waals surface area (Å²) >= 11 is 0. The molecule has 1 N–H and O–H groups in total.